The molecular formula is C19H19N3O4. The van der Waals surface area contributed by atoms with Crippen LogP contribution in [0.5, 0.6) is 0 Å². The summed E-state index contributed by atoms with van der Waals surface area (Å²) in [5, 5.41) is 9.12. The lowest BCUT2D eigenvalue weighted by Gasteiger charge is -2.15. The Labute approximate surface area is 150 Å². The molecule has 7 nitrogen and oxygen atoms in total. The zero-order valence-electron chi connectivity index (χ0n) is 14.2. The third-order valence-electron chi connectivity index (χ3n) is 4.69. The van der Waals surface area contributed by atoms with Gasteiger partial charge in [0.1, 0.15) is 11.9 Å². The maximum atomic E-state index is 11.8. The fourth-order valence-corrected chi connectivity index (χ4v) is 3.27. The highest BCUT2D eigenvalue weighted by Crippen LogP contribution is 2.27. The van der Waals surface area contributed by atoms with E-state index in [4.69, 9.17) is 9.84 Å². The molecule has 134 valence electrons. The molecule has 1 aromatic carbocycles. The van der Waals surface area contributed by atoms with Crippen molar-refractivity contribution in [3.63, 3.8) is 0 Å². The van der Waals surface area contributed by atoms with Crippen LogP contribution in [0.3, 0.4) is 0 Å². The smallest absolute Gasteiger partial charge is 0.414 e. The van der Waals surface area contributed by atoms with E-state index >= 15 is 0 Å². The number of carbonyl (C=O) groups excluding carboxylic acids is 2. The molecule has 2 amide bonds. The van der Waals surface area contributed by atoms with E-state index in [1.807, 2.05) is 36.4 Å². The lowest BCUT2D eigenvalue weighted by molar-refractivity contribution is -0.117. The second-order valence-electron chi connectivity index (χ2n) is 6.40. The van der Waals surface area contributed by atoms with Crippen LogP contribution in [-0.4, -0.2) is 47.9 Å². The van der Waals surface area contributed by atoms with Gasteiger partial charge in [0.15, 0.2) is 0 Å². The van der Waals surface area contributed by atoms with Crippen LogP contribution in [-0.2, 0) is 9.53 Å². The van der Waals surface area contributed by atoms with Crippen LogP contribution in [0.4, 0.5) is 16.3 Å². The Morgan fingerprint density at radius 1 is 1.08 bits per heavy atom. The molecule has 4 rings (SSSR count). The number of benzene rings is 1. The van der Waals surface area contributed by atoms with Gasteiger partial charge in [0.2, 0.25) is 5.91 Å². The van der Waals surface area contributed by atoms with E-state index in [2.05, 4.69) is 4.98 Å². The minimum absolute atomic E-state index is 0.119. The Kier molecular flexibility index (Phi) is 4.30. The largest absolute Gasteiger partial charge is 0.441 e. The monoisotopic (exact) mass is 353 g/mol. The first-order chi connectivity index (χ1) is 12.7. The Morgan fingerprint density at radius 2 is 1.85 bits per heavy atom. The summed E-state index contributed by atoms with van der Waals surface area (Å²) >= 11 is 0. The minimum Gasteiger partial charge on any atom is -0.441 e. The molecular weight excluding hydrogens is 334 g/mol. The number of hydrogen-bond acceptors (Lipinski definition) is 5. The van der Waals surface area contributed by atoms with E-state index in [0.717, 1.165) is 29.8 Å². The highest BCUT2D eigenvalue weighted by Gasteiger charge is 2.31. The molecule has 7 heteroatoms. The van der Waals surface area contributed by atoms with Crippen LogP contribution in [0, 0.1) is 0 Å². The zero-order valence-corrected chi connectivity index (χ0v) is 14.2. The second-order valence-corrected chi connectivity index (χ2v) is 6.40. The summed E-state index contributed by atoms with van der Waals surface area (Å²) in [6.07, 6.45) is 2.29. The third-order valence-corrected chi connectivity index (χ3v) is 4.69. The fourth-order valence-electron chi connectivity index (χ4n) is 3.27. The summed E-state index contributed by atoms with van der Waals surface area (Å²) in [5.41, 5.74) is 2.62. The number of hydrogen-bond donors (Lipinski definition) is 1. The number of amides is 2. The molecule has 1 unspecified atom stereocenters. The van der Waals surface area contributed by atoms with Gasteiger partial charge >= 0.3 is 6.09 Å². The minimum atomic E-state index is -0.479. The van der Waals surface area contributed by atoms with Gasteiger partial charge in [-0.25, -0.2) is 9.78 Å². The van der Waals surface area contributed by atoms with E-state index in [0.29, 0.717) is 18.8 Å². The van der Waals surface area contributed by atoms with Crippen molar-refractivity contribution in [1.29, 1.82) is 0 Å². The molecule has 0 aliphatic carbocycles. The van der Waals surface area contributed by atoms with Crippen LogP contribution in [0.15, 0.2) is 42.6 Å². The number of ether oxygens (including phenoxy) is 1. The molecule has 0 spiro atoms. The molecule has 2 saturated heterocycles. The van der Waals surface area contributed by atoms with Crippen molar-refractivity contribution < 1.29 is 19.4 Å². The van der Waals surface area contributed by atoms with Crippen molar-refractivity contribution >= 4 is 23.5 Å². The first-order valence-corrected chi connectivity index (χ1v) is 8.61. The van der Waals surface area contributed by atoms with Gasteiger partial charge in [0.25, 0.3) is 0 Å². The average molecular weight is 353 g/mol. The van der Waals surface area contributed by atoms with Crippen LogP contribution in [0.2, 0.25) is 0 Å². The quantitative estimate of drug-likeness (QED) is 0.911. The summed E-state index contributed by atoms with van der Waals surface area (Å²) in [6, 6.07) is 11.3. The van der Waals surface area contributed by atoms with Gasteiger partial charge in [-0.1, -0.05) is 12.1 Å². The molecule has 3 heterocycles. The Balaban J connectivity index is 1.50. The summed E-state index contributed by atoms with van der Waals surface area (Å²) in [5.74, 6) is 0.802. The molecule has 0 saturated carbocycles. The van der Waals surface area contributed by atoms with Crippen molar-refractivity contribution in [2.45, 2.75) is 18.9 Å². The third kappa shape index (κ3) is 3.01. The highest BCUT2D eigenvalue weighted by molar-refractivity contribution is 5.94. The topological polar surface area (TPSA) is 83.0 Å². The summed E-state index contributed by atoms with van der Waals surface area (Å²) in [6.45, 7) is 0.882. The predicted molar refractivity (Wildman–Crippen MR) is 96.0 cm³/mol. The summed E-state index contributed by atoms with van der Waals surface area (Å²) in [7, 11) is 0. The molecule has 1 N–H and O–H groups in total. The van der Waals surface area contributed by atoms with Crippen molar-refractivity contribution in [3.8, 4) is 11.1 Å². The zero-order chi connectivity index (χ0) is 18.1. The first-order valence-electron chi connectivity index (χ1n) is 8.61. The Hall–Kier alpha value is -2.93. The number of aromatic nitrogens is 1. The van der Waals surface area contributed by atoms with E-state index in [1.165, 1.54) is 4.90 Å². The number of rotatable bonds is 4. The number of aliphatic hydroxyl groups excluding tert-OH is 1. The van der Waals surface area contributed by atoms with Gasteiger partial charge < -0.3 is 9.84 Å². The Bertz CT molecular complexity index is 820. The maximum Gasteiger partial charge on any atom is 0.414 e. The molecule has 0 bridgehead atoms. The number of cyclic esters (lactones) is 1. The van der Waals surface area contributed by atoms with E-state index < -0.39 is 12.2 Å². The number of carbonyl (C=O) groups is 2. The Morgan fingerprint density at radius 3 is 2.42 bits per heavy atom. The van der Waals surface area contributed by atoms with Crippen LogP contribution >= 0.6 is 0 Å². The van der Waals surface area contributed by atoms with Crippen molar-refractivity contribution in [3.05, 3.63) is 42.6 Å². The molecule has 1 atom stereocenters. The van der Waals surface area contributed by atoms with Gasteiger partial charge in [-0.05, 0) is 36.2 Å². The fraction of sp³-hybridized carbons (Fsp3) is 0.316. The van der Waals surface area contributed by atoms with Gasteiger partial charge in [-0.2, -0.15) is 0 Å². The van der Waals surface area contributed by atoms with Crippen molar-refractivity contribution in [2.75, 3.05) is 29.5 Å². The molecule has 26 heavy (non-hydrogen) atoms. The van der Waals surface area contributed by atoms with Gasteiger partial charge in [-0.15, -0.1) is 0 Å². The molecule has 2 aromatic rings. The average Bonchev–Trinajstić information content (AvgIpc) is 3.27. The number of nitrogens with zero attached hydrogens (tertiary/aromatic N) is 3. The second kappa shape index (κ2) is 6.76. The van der Waals surface area contributed by atoms with Gasteiger partial charge in [0.05, 0.1) is 13.2 Å². The lowest BCUT2D eigenvalue weighted by atomic mass is 10.1. The number of pyridine rings is 1. The van der Waals surface area contributed by atoms with Crippen LogP contribution in [0.25, 0.3) is 11.1 Å². The lowest BCUT2D eigenvalue weighted by Crippen LogP contribution is -2.25. The van der Waals surface area contributed by atoms with Crippen molar-refractivity contribution in [1.82, 2.24) is 4.98 Å². The number of aliphatic hydroxyl groups is 1. The molecule has 2 fully saturated rings. The number of anilines is 2. The van der Waals surface area contributed by atoms with E-state index in [9.17, 15) is 9.59 Å². The van der Waals surface area contributed by atoms with Crippen molar-refractivity contribution in [2.24, 2.45) is 0 Å². The summed E-state index contributed by atoms with van der Waals surface area (Å²) < 4.78 is 5.06. The normalized spacial score (nSPS) is 20.0. The maximum absolute atomic E-state index is 11.8. The molecule has 2 aliphatic rings. The summed E-state index contributed by atoms with van der Waals surface area (Å²) in [4.78, 5) is 31.3. The highest BCUT2D eigenvalue weighted by atomic mass is 16.6. The first kappa shape index (κ1) is 16.5. The van der Waals surface area contributed by atoms with Crippen LogP contribution in [0.1, 0.15) is 12.8 Å². The van der Waals surface area contributed by atoms with Gasteiger partial charge in [0, 0.05) is 30.4 Å². The van der Waals surface area contributed by atoms with E-state index in [-0.39, 0.29) is 12.5 Å². The standard InChI is InChI=1S/C19H19N3O4/c23-12-16-11-22(19(25)26-16)15-6-3-13(4-7-15)14-5-8-17(20-10-14)21-9-1-2-18(21)24/h3-8,10,16,23H,1-2,9,11-12H2. The molecule has 0 radical (unpaired) electrons. The van der Waals surface area contributed by atoms with Gasteiger partial charge in [-0.3, -0.25) is 14.6 Å². The molecule has 2 aliphatic heterocycles. The SMILES string of the molecule is O=C1OC(CO)CN1c1ccc(-c2ccc(N3CCCC3=O)nc2)cc1. The van der Waals surface area contributed by atoms with Crippen LogP contribution < -0.4 is 9.80 Å². The molecule has 1 aromatic heterocycles. The van der Waals surface area contributed by atoms with E-state index in [1.54, 1.807) is 11.1 Å². The predicted octanol–water partition coefficient (Wildman–Crippen LogP) is 2.19.